The van der Waals surface area contributed by atoms with E-state index in [4.69, 9.17) is 9.26 Å². The predicted molar refractivity (Wildman–Crippen MR) is 71.9 cm³/mol. The molecule has 1 rings (SSSR count). The molecule has 0 bridgehead atoms. The lowest BCUT2D eigenvalue weighted by Gasteiger charge is -2.17. The number of hydrogen-bond acceptors (Lipinski definition) is 3. The second-order valence-electron chi connectivity index (χ2n) is 3.04. The Morgan fingerprint density at radius 2 is 2.19 bits per heavy atom. The Labute approximate surface area is 107 Å². The minimum Gasteiger partial charge on any atom is -0.485 e. The zero-order chi connectivity index (χ0) is 11.8. The van der Waals surface area contributed by atoms with E-state index in [-0.39, 0.29) is 0 Å². The van der Waals surface area contributed by atoms with E-state index in [0.717, 1.165) is 16.8 Å². The van der Waals surface area contributed by atoms with Crippen LogP contribution in [0.2, 0.25) is 0 Å². The van der Waals surface area contributed by atoms with Crippen LogP contribution < -0.4 is 9.82 Å². The zero-order valence-electron chi connectivity index (χ0n) is 9.57. The van der Waals surface area contributed by atoms with E-state index < -0.39 is 8.30 Å². The Morgan fingerprint density at radius 1 is 1.38 bits per heavy atom. The number of ether oxygens (including phenoxy) is 1. The SMILES string of the molecule is CCNP(COc1cccc(Br)c1)OCC. The summed E-state index contributed by atoms with van der Waals surface area (Å²) in [5, 5.41) is 3.27. The number of benzene rings is 1. The molecule has 0 radical (unpaired) electrons. The van der Waals surface area contributed by atoms with E-state index in [1.54, 1.807) is 0 Å². The van der Waals surface area contributed by atoms with Gasteiger partial charge in [0, 0.05) is 11.1 Å². The standard InChI is InChI=1S/C11H17BrNO2P/c1-3-13-16(15-4-2)9-14-11-7-5-6-10(12)8-11/h5-8,13H,3-4,9H2,1-2H3. The molecular formula is C11H17BrNO2P. The van der Waals surface area contributed by atoms with E-state index in [1.165, 1.54) is 0 Å². The van der Waals surface area contributed by atoms with E-state index >= 15 is 0 Å². The molecule has 0 saturated heterocycles. The molecule has 5 heteroatoms. The summed E-state index contributed by atoms with van der Waals surface area (Å²) in [6.45, 7) is 5.66. The summed E-state index contributed by atoms with van der Waals surface area (Å²) < 4.78 is 12.2. The Hall–Kier alpha value is -0.150. The number of hydrogen-bond donors (Lipinski definition) is 1. The van der Waals surface area contributed by atoms with Crippen molar-refractivity contribution in [2.45, 2.75) is 13.8 Å². The Bertz CT molecular complexity index is 306. The van der Waals surface area contributed by atoms with Crippen molar-refractivity contribution in [3.05, 3.63) is 28.7 Å². The molecule has 1 unspecified atom stereocenters. The van der Waals surface area contributed by atoms with Crippen molar-refractivity contribution < 1.29 is 9.26 Å². The molecule has 1 aromatic rings. The second kappa shape index (κ2) is 8.02. The summed E-state index contributed by atoms with van der Waals surface area (Å²) in [6.07, 6.45) is 0.577. The molecule has 0 aliphatic carbocycles. The highest BCUT2D eigenvalue weighted by atomic mass is 79.9. The van der Waals surface area contributed by atoms with Crippen LogP contribution in [0.5, 0.6) is 5.75 Å². The minimum absolute atomic E-state index is 0.577. The van der Waals surface area contributed by atoms with Crippen molar-refractivity contribution in [1.82, 2.24) is 5.09 Å². The van der Waals surface area contributed by atoms with Gasteiger partial charge in [-0.15, -0.1) is 0 Å². The highest BCUT2D eigenvalue weighted by molar-refractivity contribution is 9.10. The van der Waals surface area contributed by atoms with Crippen LogP contribution in [0.1, 0.15) is 13.8 Å². The topological polar surface area (TPSA) is 30.5 Å². The van der Waals surface area contributed by atoms with Crippen molar-refractivity contribution in [1.29, 1.82) is 0 Å². The largest absolute Gasteiger partial charge is 0.485 e. The molecular weight excluding hydrogens is 289 g/mol. The summed E-state index contributed by atoms with van der Waals surface area (Å²) in [5.74, 6) is 0.861. The highest BCUT2D eigenvalue weighted by Gasteiger charge is 2.07. The van der Waals surface area contributed by atoms with Gasteiger partial charge in [0.1, 0.15) is 20.4 Å². The van der Waals surface area contributed by atoms with Gasteiger partial charge < -0.3 is 9.26 Å². The maximum atomic E-state index is 5.67. The van der Waals surface area contributed by atoms with E-state index in [1.807, 2.05) is 31.2 Å². The molecule has 1 aromatic carbocycles. The summed E-state index contributed by atoms with van der Waals surface area (Å²) in [6, 6.07) is 7.82. The summed E-state index contributed by atoms with van der Waals surface area (Å²) in [5.41, 5.74) is 0. The van der Waals surface area contributed by atoms with Crippen molar-refractivity contribution >= 4 is 24.2 Å². The number of halogens is 1. The normalized spacial score (nSPS) is 12.4. The number of nitrogens with one attached hydrogen (secondary N) is 1. The van der Waals surface area contributed by atoms with E-state index in [0.29, 0.717) is 13.0 Å². The van der Waals surface area contributed by atoms with Crippen LogP contribution in [0.25, 0.3) is 0 Å². The molecule has 0 aromatic heterocycles. The molecule has 16 heavy (non-hydrogen) atoms. The third-order valence-corrected chi connectivity index (χ3v) is 3.86. The summed E-state index contributed by atoms with van der Waals surface area (Å²) >= 11 is 3.41. The van der Waals surface area contributed by atoms with Crippen LogP contribution in [0, 0.1) is 0 Å². The summed E-state index contributed by atoms with van der Waals surface area (Å²) in [4.78, 5) is 0. The average Bonchev–Trinajstić information content (AvgIpc) is 2.27. The van der Waals surface area contributed by atoms with Gasteiger partial charge in [0.15, 0.2) is 0 Å². The quantitative estimate of drug-likeness (QED) is 0.778. The van der Waals surface area contributed by atoms with Crippen LogP contribution in [-0.4, -0.2) is 19.5 Å². The van der Waals surface area contributed by atoms with Crippen molar-refractivity contribution in [2.75, 3.05) is 19.5 Å². The van der Waals surface area contributed by atoms with Crippen LogP contribution in [0.4, 0.5) is 0 Å². The molecule has 0 saturated carbocycles. The third-order valence-electron chi connectivity index (χ3n) is 1.76. The maximum absolute atomic E-state index is 5.67. The molecule has 1 atom stereocenters. The zero-order valence-corrected chi connectivity index (χ0v) is 12.1. The van der Waals surface area contributed by atoms with Crippen LogP contribution >= 0.6 is 24.2 Å². The molecule has 0 fully saturated rings. The average molecular weight is 306 g/mol. The van der Waals surface area contributed by atoms with Gasteiger partial charge in [-0.3, -0.25) is 5.09 Å². The van der Waals surface area contributed by atoms with Gasteiger partial charge in [0.2, 0.25) is 0 Å². The molecule has 0 spiro atoms. The van der Waals surface area contributed by atoms with Gasteiger partial charge >= 0.3 is 0 Å². The lowest BCUT2D eigenvalue weighted by molar-refractivity contribution is 0.326. The van der Waals surface area contributed by atoms with Crippen molar-refractivity contribution in [3.63, 3.8) is 0 Å². The molecule has 90 valence electrons. The number of rotatable bonds is 7. The fourth-order valence-corrected chi connectivity index (χ4v) is 2.72. The van der Waals surface area contributed by atoms with Gasteiger partial charge in [-0.05, 0) is 31.7 Å². The molecule has 3 nitrogen and oxygen atoms in total. The summed E-state index contributed by atoms with van der Waals surface area (Å²) in [7, 11) is -0.682. The fraction of sp³-hybridized carbons (Fsp3) is 0.455. The molecule has 0 aliphatic rings. The monoisotopic (exact) mass is 305 g/mol. The maximum Gasteiger partial charge on any atom is 0.146 e. The van der Waals surface area contributed by atoms with Gasteiger partial charge in [-0.2, -0.15) is 0 Å². The molecule has 0 amide bonds. The Kier molecular flexibility index (Phi) is 6.97. The first-order chi connectivity index (χ1) is 7.76. The smallest absolute Gasteiger partial charge is 0.146 e. The van der Waals surface area contributed by atoms with E-state index in [9.17, 15) is 0 Å². The second-order valence-corrected chi connectivity index (χ2v) is 5.54. The van der Waals surface area contributed by atoms with Gasteiger partial charge in [0.05, 0.1) is 0 Å². The molecule has 0 aliphatic heterocycles. The van der Waals surface area contributed by atoms with Gasteiger partial charge in [-0.25, -0.2) is 0 Å². The first-order valence-electron chi connectivity index (χ1n) is 5.28. The van der Waals surface area contributed by atoms with Crippen molar-refractivity contribution in [2.24, 2.45) is 0 Å². The first-order valence-corrected chi connectivity index (χ1v) is 7.52. The van der Waals surface area contributed by atoms with Crippen LogP contribution in [0.3, 0.4) is 0 Å². The fourth-order valence-electron chi connectivity index (χ4n) is 1.15. The van der Waals surface area contributed by atoms with Gasteiger partial charge in [-0.1, -0.05) is 28.9 Å². The molecule has 0 heterocycles. The predicted octanol–water partition coefficient (Wildman–Crippen LogP) is 3.74. The lowest BCUT2D eigenvalue weighted by Crippen LogP contribution is -2.13. The lowest BCUT2D eigenvalue weighted by atomic mass is 10.3. The molecule has 1 N–H and O–H groups in total. The van der Waals surface area contributed by atoms with Crippen LogP contribution in [0.15, 0.2) is 28.7 Å². The van der Waals surface area contributed by atoms with Crippen LogP contribution in [-0.2, 0) is 4.52 Å². The van der Waals surface area contributed by atoms with Crippen molar-refractivity contribution in [3.8, 4) is 5.75 Å². The Morgan fingerprint density at radius 3 is 2.81 bits per heavy atom. The van der Waals surface area contributed by atoms with Gasteiger partial charge in [0.25, 0.3) is 0 Å². The highest BCUT2D eigenvalue weighted by Crippen LogP contribution is 2.32. The Balaban J connectivity index is 2.41. The van der Waals surface area contributed by atoms with E-state index in [2.05, 4.69) is 27.9 Å². The minimum atomic E-state index is -0.682. The third kappa shape index (κ3) is 5.26. The first kappa shape index (κ1) is 13.9.